The molecule has 0 saturated carbocycles. The van der Waals surface area contributed by atoms with Gasteiger partial charge in [-0.25, -0.2) is 9.59 Å². The van der Waals surface area contributed by atoms with Crippen LogP contribution in [0, 0.1) is 5.92 Å². The molecule has 0 radical (unpaired) electrons. The zero-order chi connectivity index (χ0) is 12.8. The number of urea groups is 1. The normalized spacial score (nSPS) is 17.9. The highest BCUT2D eigenvalue weighted by Crippen LogP contribution is 2.10. The van der Waals surface area contributed by atoms with Gasteiger partial charge in [0.1, 0.15) is 6.04 Å². The first-order valence-electron chi connectivity index (χ1n) is 5.86. The highest BCUT2D eigenvalue weighted by Gasteiger charge is 2.24. The van der Waals surface area contributed by atoms with E-state index in [1.54, 1.807) is 4.90 Å². The molecule has 6 heteroatoms. The Morgan fingerprint density at radius 3 is 2.41 bits per heavy atom. The molecule has 1 rings (SSSR count). The van der Waals surface area contributed by atoms with Crippen LogP contribution < -0.4 is 5.32 Å². The average Bonchev–Trinajstić information content (AvgIpc) is 2.28. The van der Waals surface area contributed by atoms with E-state index in [0.29, 0.717) is 19.5 Å². The highest BCUT2D eigenvalue weighted by molar-refractivity contribution is 7.99. The van der Waals surface area contributed by atoms with E-state index in [2.05, 4.69) is 5.32 Å². The van der Waals surface area contributed by atoms with Crippen LogP contribution in [0.25, 0.3) is 0 Å². The fourth-order valence-corrected chi connectivity index (χ4v) is 2.60. The second-order valence-electron chi connectivity index (χ2n) is 4.57. The number of aliphatic carboxylic acids is 1. The molecule has 5 nitrogen and oxygen atoms in total. The standard InChI is InChI=1S/C11H20N2O3S/c1-8(2)7-9(10(14)15)12-11(16)13-3-5-17-6-4-13/h8-9H,3-7H2,1-2H3,(H,12,16)(H,14,15)/t9-/m0/s1. The minimum atomic E-state index is -0.960. The highest BCUT2D eigenvalue weighted by atomic mass is 32.2. The van der Waals surface area contributed by atoms with Gasteiger partial charge in [0, 0.05) is 24.6 Å². The minimum absolute atomic E-state index is 0.244. The molecule has 1 aliphatic rings. The van der Waals surface area contributed by atoms with Gasteiger partial charge in [-0.15, -0.1) is 0 Å². The van der Waals surface area contributed by atoms with Crippen LogP contribution in [0.2, 0.25) is 0 Å². The van der Waals surface area contributed by atoms with Gasteiger partial charge < -0.3 is 15.3 Å². The quantitative estimate of drug-likeness (QED) is 0.798. The van der Waals surface area contributed by atoms with Crippen LogP contribution in [-0.2, 0) is 4.79 Å². The van der Waals surface area contributed by atoms with Crippen LogP contribution in [0.5, 0.6) is 0 Å². The molecule has 17 heavy (non-hydrogen) atoms. The van der Waals surface area contributed by atoms with Crippen LogP contribution in [0.1, 0.15) is 20.3 Å². The molecular formula is C11H20N2O3S. The van der Waals surface area contributed by atoms with Gasteiger partial charge in [-0.1, -0.05) is 13.8 Å². The van der Waals surface area contributed by atoms with E-state index in [4.69, 9.17) is 5.11 Å². The molecule has 0 aromatic heterocycles. The number of nitrogens with zero attached hydrogens (tertiary/aromatic N) is 1. The number of thioether (sulfide) groups is 1. The number of rotatable bonds is 4. The molecule has 1 aliphatic heterocycles. The molecule has 0 aliphatic carbocycles. The zero-order valence-electron chi connectivity index (χ0n) is 10.3. The summed E-state index contributed by atoms with van der Waals surface area (Å²) >= 11 is 1.81. The monoisotopic (exact) mass is 260 g/mol. The number of carboxylic acids is 1. The summed E-state index contributed by atoms with van der Waals surface area (Å²) in [5.74, 6) is 1.14. The van der Waals surface area contributed by atoms with E-state index < -0.39 is 12.0 Å². The Bertz CT molecular complexity index is 278. The number of amides is 2. The lowest BCUT2D eigenvalue weighted by Gasteiger charge is -2.28. The Morgan fingerprint density at radius 2 is 1.94 bits per heavy atom. The number of carbonyl (C=O) groups is 2. The molecule has 0 spiro atoms. The Labute approximate surface area is 106 Å². The van der Waals surface area contributed by atoms with Crippen molar-refractivity contribution in [2.45, 2.75) is 26.3 Å². The van der Waals surface area contributed by atoms with Crippen molar-refractivity contribution in [2.24, 2.45) is 5.92 Å². The van der Waals surface area contributed by atoms with E-state index in [1.165, 1.54) is 0 Å². The summed E-state index contributed by atoms with van der Waals surface area (Å²) in [4.78, 5) is 24.5. The third-order valence-electron chi connectivity index (χ3n) is 2.60. The van der Waals surface area contributed by atoms with Gasteiger partial charge in [0.05, 0.1) is 0 Å². The van der Waals surface area contributed by atoms with E-state index in [0.717, 1.165) is 11.5 Å². The number of hydrogen-bond donors (Lipinski definition) is 2. The van der Waals surface area contributed by atoms with Crippen LogP contribution >= 0.6 is 11.8 Å². The Balaban J connectivity index is 2.47. The number of carboxylic acid groups (broad SMARTS) is 1. The summed E-state index contributed by atoms with van der Waals surface area (Å²) < 4.78 is 0. The Kier molecular flexibility index (Phi) is 5.61. The fourth-order valence-electron chi connectivity index (χ4n) is 1.70. The van der Waals surface area contributed by atoms with E-state index in [-0.39, 0.29) is 11.9 Å². The zero-order valence-corrected chi connectivity index (χ0v) is 11.1. The predicted octanol–water partition coefficient (Wildman–Crippen LogP) is 1.24. The molecule has 0 aromatic rings. The molecule has 0 unspecified atom stereocenters. The van der Waals surface area contributed by atoms with Crippen molar-refractivity contribution in [3.8, 4) is 0 Å². The van der Waals surface area contributed by atoms with E-state index >= 15 is 0 Å². The SMILES string of the molecule is CC(C)C[C@H](NC(=O)N1CCSCC1)C(=O)O. The van der Waals surface area contributed by atoms with Crippen molar-refractivity contribution in [2.75, 3.05) is 24.6 Å². The lowest BCUT2D eigenvalue weighted by atomic mass is 10.0. The van der Waals surface area contributed by atoms with Crippen molar-refractivity contribution in [1.82, 2.24) is 10.2 Å². The second-order valence-corrected chi connectivity index (χ2v) is 5.79. The summed E-state index contributed by atoms with van der Waals surface area (Å²) in [6.45, 7) is 5.29. The van der Waals surface area contributed by atoms with Crippen molar-refractivity contribution in [1.29, 1.82) is 0 Å². The summed E-state index contributed by atoms with van der Waals surface area (Å²) in [5, 5.41) is 11.6. The average molecular weight is 260 g/mol. The Morgan fingerprint density at radius 1 is 1.35 bits per heavy atom. The molecule has 1 heterocycles. The lowest BCUT2D eigenvalue weighted by molar-refractivity contribution is -0.139. The van der Waals surface area contributed by atoms with Crippen molar-refractivity contribution >= 4 is 23.8 Å². The molecule has 0 aromatic carbocycles. The molecule has 1 fully saturated rings. The fraction of sp³-hybridized carbons (Fsp3) is 0.818. The summed E-state index contributed by atoms with van der Waals surface area (Å²) in [6.07, 6.45) is 0.462. The topological polar surface area (TPSA) is 69.6 Å². The first-order valence-corrected chi connectivity index (χ1v) is 7.02. The first kappa shape index (κ1) is 14.2. The number of hydrogen-bond acceptors (Lipinski definition) is 3. The number of nitrogens with one attached hydrogen (secondary N) is 1. The smallest absolute Gasteiger partial charge is 0.326 e. The van der Waals surface area contributed by atoms with Gasteiger partial charge >= 0.3 is 12.0 Å². The maximum absolute atomic E-state index is 11.8. The van der Waals surface area contributed by atoms with Crippen LogP contribution in [0.4, 0.5) is 4.79 Å². The largest absolute Gasteiger partial charge is 0.480 e. The molecule has 2 N–H and O–H groups in total. The van der Waals surface area contributed by atoms with Crippen molar-refractivity contribution in [3.05, 3.63) is 0 Å². The third-order valence-corrected chi connectivity index (χ3v) is 3.54. The molecular weight excluding hydrogens is 240 g/mol. The Hall–Kier alpha value is -0.910. The van der Waals surface area contributed by atoms with E-state index in [9.17, 15) is 9.59 Å². The predicted molar refractivity (Wildman–Crippen MR) is 68.3 cm³/mol. The lowest BCUT2D eigenvalue weighted by Crippen LogP contribution is -2.50. The van der Waals surface area contributed by atoms with Crippen LogP contribution in [0.15, 0.2) is 0 Å². The first-order chi connectivity index (χ1) is 8.00. The van der Waals surface area contributed by atoms with Crippen molar-refractivity contribution in [3.63, 3.8) is 0 Å². The van der Waals surface area contributed by atoms with Gasteiger partial charge in [-0.2, -0.15) is 11.8 Å². The van der Waals surface area contributed by atoms with Crippen molar-refractivity contribution < 1.29 is 14.7 Å². The van der Waals surface area contributed by atoms with E-state index in [1.807, 2.05) is 25.6 Å². The molecule has 1 atom stereocenters. The van der Waals surface area contributed by atoms with Gasteiger partial charge in [-0.05, 0) is 12.3 Å². The van der Waals surface area contributed by atoms with Gasteiger partial charge in [0.15, 0.2) is 0 Å². The maximum Gasteiger partial charge on any atom is 0.326 e. The van der Waals surface area contributed by atoms with Gasteiger partial charge in [0.2, 0.25) is 0 Å². The number of carbonyl (C=O) groups excluding carboxylic acids is 1. The van der Waals surface area contributed by atoms with Gasteiger partial charge in [0.25, 0.3) is 0 Å². The third kappa shape index (κ3) is 4.85. The molecule has 2 amide bonds. The summed E-state index contributed by atoms with van der Waals surface area (Å²) in [5.41, 5.74) is 0. The molecule has 0 bridgehead atoms. The van der Waals surface area contributed by atoms with Crippen LogP contribution in [0.3, 0.4) is 0 Å². The maximum atomic E-state index is 11.8. The van der Waals surface area contributed by atoms with Gasteiger partial charge in [-0.3, -0.25) is 0 Å². The summed E-state index contributed by atoms with van der Waals surface area (Å²) in [6, 6.07) is -1.03. The minimum Gasteiger partial charge on any atom is -0.480 e. The summed E-state index contributed by atoms with van der Waals surface area (Å²) in [7, 11) is 0. The molecule has 98 valence electrons. The second kappa shape index (κ2) is 6.74. The molecule has 1 saturated heterocycles. The van der Waals surface area contributed by atoms with Crippen LogP contribution in [-0.4, -0.2) is 52.6 Å².